The highest BCUT2D eigenvalue weighted by Gasteiger charge is 2.22. The number of rotatable bonds is 4. The molecule has 0 aliphatic carbocycles. The topological polar surface area (TPSA) is 68.8 Å². The Balaban J connectivity index is 2.07. The number of hydrogen-bond donors (Lipinski definition) is 2. The minimum Gasteiger partial charge on any atom is -0.270 e. The summed E-state index contributed by atoms with van der Waals surface area (Å²) in [7, 11) is 0. The predicted molar refractivity (Wildman–Crippen MR) is 79.9 cm³/mol. The standard InChI is InChI=1S/C13H12ClN5S/c14-10-6-7-20-13(10)12(17-15)11-8-16-18-19(11)9-4-2-1-3-5-9/h1-8,12,17H,15H2. The second-order valence-electron chi connectivity index (χ2n) is 4.14. The van der Waals surface area contributed by atoms with E-state index in [-0.39, 0.29) is 6.04 Å². The van der Waals surface area contributed by atoms with Gasteiger partial charge in [0.15, 0.2) is 0 Å². The molecule has 1 aromatic carbocycles. The average Bonchev–Trinajstić information content (AvgIpc) is 3.11. The smallest absolute Gasteiger partial charge is 0.101 e. The van der Waals surface area contributed by atoms with Crippen LogP contribution in [0.15, 0.2) is 48.0 Å². The van der Waals surface area contributed by atoms with Crippen LogP contribution in [0.4, 0.5) is 0 Å². The molecule has 0 amide bonds. The molecule has 0 saturated heterocycles. The van der Waals surface area contributed by atoms with Crippen molar-refractivity contribution in [2.75, 3.05) is 0 Å². The van der Waals surface area contributed by atoms with E-state index in [0.717, 1.165) is 16.3 Å². The van der Waals surface area contributed by atoms with E-state index in [1.165, 1.54) is 0 Å². The zero-order valence-corrected chi connectivity index (χ0v) is 12.0. The molecule has 1 atom stereocenters. The Hall–Kier alpha value is -1.73. The van der Waals surface area contributed by atoms with Gasteiger partial charge in [0, 0.05) is 4.88 Å². The van der Waals surface area contributed by atoms with Crippen molar-refractivity contribution < 1.29 is 0 Å². The van der Waals surface area contributed by atoms with Crippen molar-refractivity contribution >= 4 is 22.9 Å². The molecule has 20 heavy (non-hydrogen) atoms. The highest BCUT2D eigenvalue weighted by atomic mass is 35.5. The molecule has 0 aliphatic heterocycles. The van der Waals surface area contributed by atoms with E-state index in [1.54, 1.807) is 22.2 Å². The fraction of sp³-hybridized carbons (Fsp3) is 0.0769. The van der Waals surface area contributed by atoms with Gasteiger partial charge in [-0.1, -0.05) is 35.0 Å². The van der Waals surface area contributed by atoms with Crippen molar-refractivity contribution in [2.45, 2.75) is 6.04 Å². The molecule has 3 N–H and O–H groups in total. The molecule has 5 nitrogen and oxygen atoms in total. The first-order chi connectivity index (χ1) is 9.81. The lowest BCUT2D eigenvalue weighted by Gasteiger charge is -2.16. The van der Waals surface area contributed by atoms with Gasteiger partial charge < -0.3 is 0 Å². The quantitative estimate of drug-likeness (QED) is 0.574. The molecule has 3 rings (SSSR count). The Bertz CT molecular complexity index is 694. The molecule has 0 spiro atoms. The molecule has 2 heterocycles. The van der Waals surface area contributed by atoms with Gasteiger partial charge in [0.25, 0.3) is 0 Å². The van der Waals surface area contributed by atoms with E-state index in [4.69, 9.17) is 17.4 Å². The maximum absolute atomic E-state index is 6.19. The van der Waals surface area contributed by atoms with Gasteiger partial charge in [0.2, 0.25) is 0 Å². The van der Waals surface area contributed by atoms with Gasteiger partial charge >= 0.3 is 0 Å². The Morgan fingerprint density at radius 3 is 2.70 bits per heavy atom. The molecule has 0 aliphatic rings. The van der Waals surface area contributed by atoms with E-state index in [2.05, 4.69) is 15.7 Å². The van der Waals surface area contributed by atoms with Gasteiger partial charge in [-0.05, 0) is 23.6 Å². The lowest BCUT2D eigenvalue weighted by molar-refractivity contribution is 0.603. The van der Waals surface area contributed by atoms with Gasteiger partial charge in [-0.3, -0.25) is 5.84 Å². The third-order valence-corrected chi connectivity index (χ3v) is 4.37. The first kappa shape index (κ1) is 13.3. The molecule has 0 radical (unpaired) electrons. The number of benzene rings is 1. The maximum Gasteiger partial charge on any atom is 0.101 e. The maximum atomic E-state index is 6.19. The van der Waals surface area contributed by atoms with Crippen LogP contribution in [-0.2, 0) is 0 Å². The highest BCUT2D eigenvalue weighted by molar-refractivity contribution is 7.10. The van der Waals surface area contributed by atoms with Crippen molar-refractivity contribution in [3.05, 3.63) is 63.6 Å². The normalized spacial score (nSPS) is 12.5. The Labute approximate surface area is 125 Å². The summed E-state index contributed by atoms with van der Waals surface area (Å²) >= 11 is 7.73. The Morgan fingerprint density at radius 1 is 1.25 bits per heavy atom. The fourth-order valence-electron chi connectivity index (χ4n) is 2.02. The van der Waals surface area contributed by atoms with Crippen LogP contribution in [0.2, 0.25) is 5.02 Å². The van der Waals surface area contributed by atoms with Gasteiger partial charge in [0.05, 0.1) is 22.6 Å². The van der Waals surface area contributed by atoms with Gasteiger partial charge in [-0.2, -0.15) is 0 Å². The van der Waals surface area contributed by atoms with Gasteiger partial charge in [0.1, 0.15) is 6.04 Å². The summed E-state index contributed by atoms with van der Waals surface area (Å²) in [5, 5.41) is 10.7. The summed E-state index contributed by atoms with van der Waals surface area (Å²) in [6, 6.07) is 11.4. The number of halogens is 1. The van der Waals surface area contributed by atoms with Crippen LogP contribution < -0.4 is 11.3 Å². The van der Waals surface area contributed by atoms with Crippen LogP contribution in [-0.4, -0.2) is 15.0 Å². The minimum atomic E-state index is -0.252. The predicted octanol–water partition coefficient (Wildman–Crippen LogP) is 2.53. The molecule has 7 heteroatoms. The SMILES string of the molecule is NNC(c1sccc1Cl)c1cnnn1-c1ccccc1. The van der Waals surface area contributed by atoms with Crippen molar-refractivity contribution in [2.24, 2.45) is 5.84 Å². The van der Waals surface area contributed by atoms with E-state index in [9.17, 15) is 0 Å². The summed E-state index contributed by atoms with van der Waals surface area (Å²) < 4.78 is 1.75. The molecule has 3 aromatic rings. The van der Waals surface area contributed by atoms with Gasteiger partial charge in [-0.25, -0.2) is 10.1 Å². The molecule has 1 unspecified atom stereocenters. The summed E-state index contributed by atoms with van der Waals surface area (Å²) in [5.41, 5.74) is 4.54. The van der Waals surface area contributed by atoms with Crippen LogP contribution in [0.3, 0.4) is 0 Å². The first-order valence-electron chi connectivity index (χ1n) is 5.96. The van der Waals surface area contributed by atoms with Crippen LogP contribution in [0, 0.1) is 0 Å². The van der Waals surface area contributed by atoms with Crippen LogP contribution in [0.5, 0.6) is 0 Å². The summed E-state index contributed by atoms with van der Waals surface area (Å²) in [4.78, 5) is 0.939. The van der Waals surface area contributed by atoms with Gasteiger partial charge in [-0.15, -0.1) is 16.4 Å². The van der Waals surface area contributed by atoms with Crippen molar-refractivity contribution in [3.8, 4) is 5.69 Å². The Morgan fingerprint density at radius 2 is 2.05 bits per heavy atom. The van der Waals surface area contributed by atoms with Crippen LogP contribution in [0.1, 0.15) is 16.6 Å². The zero-order chi connectivity index (χ0) is 13.9. The minimum absolute atomic E-state index is 0.252. The lowest BCUT2D eigenvalue weighted by Crippen LogP contribution is -2.30. The number of nitrogens with one attached hydrogen (secondary N) is 1. The Kier molecular flexibility index (Phi) is 3.79. The fourth-order valence-corrected chi connectivity index (χ4v) is 3.25. The summed E-state index contributed by atoms with van der Waals surface area (Å²) in [6.45, 7) is 0. The summed E-state index contributed by atoms with van der Waals surface area (Å²) in [5.74, 6) is 5.70. The van der Waals surface area contributed by atoms with Crippen molar-refractivity contribution in [1.82, 2.24) is 20.4 Å². The lowest BCUT2D eigenvalue weighted by atomic mass is 10.2. The first-order valence-corrected chi connectivity index (χ1v) is 7.22. The molecular weight excluding hydrogens is 294 g/mol. The van der Waals surface area contributed by atoms with E-state index in [1.807, 2.05) is 41.8 Å². The van der Waals surface area contributed by atoms with E-state index < -0.39 is 0 Å². The number of para-hydroxylation sites is 1. The second-order valence-corrected chi connectivity index (χ2v) is 5.49. The van der Waals surface area contributed by atoms with Crippen LogP contribution in [0.25, 0.3) is 5.69 Å². The number of nitrogens with zero attached hydrogens (tertiary/aromatic N) is 3. The van der Waals surface area contributed by atoms with E-state index in [0.29, 0.717) is 5.02 Å². The number of hydrogen-bond acceptors (Lipinski definition) is 5. The molecule has 0 saturated carbocycles. The second kappa shape index (κ2) is 5.72. The van der Waals surface area contributed by atoms with Crippen molar-refractivity contribution in [3.63, 3.8) is 0 Å². The summed E-state index contributed by atoms with van der Waals surface area (Å²) in [6.07, 6.45) is 1.69. The van der Waals surface area contributed by atoms with E-state index >= 15 is 0 Å². The largest absolute Gasteiger partial charge is 0.270 e. The molecule has 0 fully saturated rings. The van der Waals surface area contributed by atoms with Crippen molar-refractivity contribution in [1.29, 1.82) is 0 Å². The molecule has 2 aromatic heterocycles. The average molecular weight is 306 g/mol. The zero-order valence-electron chi connectivity index (χ0n) is 10.4. The molecule has 0 bridgehead atoms. The third kappa shape index (κ3) is 2.34. The highest BCUT2D eigenvalue weighted by Crippen LogP contribution is 2.32. The molecular formula is C13H12ClN5S. The third-order valence-electron chi connectivity index (χ3n) is 2.95. The number of nitrogens with two attached hydrogens (primary N) is 1. The van der Waals surface area contributed by atoms with Crippen LogP contribution >= 0.6 is 22.9 Å². The monoisotopic (exact) mass is 305 g/mol. The molecule has 102 valence electrons. The number of aromatic nitrogens is 3. The number of hydrazine groups is 1. The number of thiophene rings is 1.